The molecule has 0 spiro atoms. The number of nitrogens with zero attached hydrogens (tertiary/aromatic N) is 3. The van der Waals surface area contributed by atoms with Gasteiger partial charge in [-0.3, -0.25) is 14.8 Å². The van der Waals surface area contributed by atoms with Gasteiger partial charge in [0.1, 0.15) is 0 Å². The predicted octanol–water partition coefficient (Wildman–Crippen LogP) is 2.47. The maximum Gasteiger partial charge on any atom is 0.494 e. The van der Waals surface area contributed by atoms with Gasteiger partial charge in [0.05, 0.1) is 16.9 Å². The molecule has 0 bridgehead atoms. The lowest BCUT2D eigenvalue weighted by atomic mass is 9.79. The molecule has 5 nitrogen and oxygen atoms in total. The third-order valence-corrected chi connectivity index (χ3v) is 6.69. The zero-order valence-corrected chi connectivity index (χ0v) is 17.6. The minimum absolute atomic E-state index is 0.274. The predicted molar refractivity (Wildman–Crippen MR) is 107 cm³/mol. The molecule has 2 unspecified atom stereocenters. The SMILES string of the molecule is CC1CN([C@@H](C)c2cc(B3OC(C)(C)C(C)(C)O3)ccn2)CC(C)N1C. The van der Waals surface area contributed by atoms with Crippen molar-refractivity contribution in [1.29, 1.82) is 0 Å². The molecule has 2 aliphatic heterocycles. The average Bonchev–Trinajstić information content (AvgIpc) is 2.79. The number of likely N-dealkylation sites (N-methyl/N-ethyl adjacent to an activating group) is 1. The van der Waals surface area contributed by atoms with Crippen molar-refractivity contribution in [3.8, 4) is 0 Å². The molecular weight excluding hydrogens is 325 g/mol. The van der Waals surface area contributed by atoms with E-state index in [2.05, 4.69) is 76.4 Å². The van der Waals surface area contributed by atoms with Gasteiger partial charge in [-0.1, -0.05) is 0 Å². The molecule has 3 heterocycles. The van der Waals surface area contributed by atoms with Crippen molar-refractivity contribution >= 4 is 12.6 Å². The Hall–Kier alpha value is -0.945. The molecule has 3 rings (SSSR count). The normalized spacial score (nSPS) is 30.5. The van der Waals surface area contributed by atoms with Crippen LogP contribution in [0.2, 0.25) is 0 Å². The van der Waals surface area contributed by atoms with Gasteiger partial charge < -0.3 is 9.31 Å². The Kier molecular flexibility index (Phi) is 5.25. The molecule has 1 aromatic heterocycles. The Morgan fingerprint density at radius 1 is 1.12 bits per heavy atom. The average molecular weight is 359 g/mol. The van der Waals surface area contributed by atoms with Crippen LogP contribution in [0.3, 0.4) is 0 Å². The summed E-state index contributed by atoms with van der Waals surface area (Å²) in [6.07, 6.45) is 1.88. The van der Waals surface area contributed by atoms with E-state index in [1.54, 1.807) is 0 Å². The molecule has 0 aliphatic carbocycles. The van der Waals surface area contributed by atoms with Gasteiger partial charge >= 0.3 is 7.12 Å². The van der Waals surface area contributed by atoms with Crippen LogP contribution in [0.15, 0.2) is 18.3 Å². The van der Waals surface area contributed by atoms with E-state index in [-0.39, 0.29) is 24.4 Å². The summed E-state index contributed by atoms with van der Waals surface area (Å²) in [6.45, 7) is 17.3. The van der Waals surface area contributed by atoms with Gasteiger partial charge in [-0.15, -0.1) is 0 Å². The van der Waals surface area contributed by atoms with E-state index in [1.165, 1.54) is 0 Å². The molecule has 1 aromatic rings. The van der Waals surface area contributed by atoms with Crippen molar-refractivity contribution in [3.05, 3.63) is 24.0 Å². The minimum atomic E-state index is -0.334. The molecule has 0 amide bonds. The first-order chi connectivity index (χ1) is 12.0. The van der Waals surface area contributed by atoms with Crippen molar-refractivity contribution in [3.63, 3.8) is 0 Å². The van der Waals surface area contributed by atoms with Crippen LogP contribution < -0.4 is 5.46 Å². The summed E-state index contributed by atoms with van der Waals surface area (Å²) in [4.78, 5) is 9.65. The van der Waals surface area contributed by atoms with Crippen LogP contribution in [-0.4, -0.2) is 65.3 Å². The van der Waals surface area contributed by atoms with E-state index in [0.717, 1.165) is 24.2 Å². The summed E-state index contributed by atoms with van der Waals surface area (Å²) < 4.78 is 12.4. The standard InChI is InChI=1S/C20H34BN3O2/c1-14-12-24(13-15(2)23(14)8)16(3)18-11-17(9-10-22-18)21-25-19(4,5)20(6,7)26-21/h9-11,14-16H,12-13H2,1-8H3/t14?,15?,16-/m0/s1. The van der Waals surface area contributed by atoms with E-state index >= 15 is 0 Å². The summed E-state index contributed by atoms with van der Waals surface area (Å²) in [5.41, 5.74) is 1.49. The van der Waals surface area contributed by atoms with Crippen molar-refractivity contribution in [2.45, 2.75) is 77.8 Å². The molecule has 2 fully saturated rings. The van der Waals surface area contributed by atoms with Crippen molar-refractivity contribution < 1.29 is 9.31 Å². The molecule has 0 radical (unpaired) electrons. The third kappa shape index (κ3) is 3.57. The number of hydrogen-bond donors (Lipinski definition) is 0. The maximum atomic E-state index is 6.21. The van der Waals surface area contributed by atoms with Gasteiger partial charge in [0.25, 0.3) is 0 Å². The smallest absolute Gasteiger partial charge is 0.399 e. The Balaban J connectivity index is 1.78. The molecule has 144 valence electrons. The highest BCUT2D eigenvalue weighted by Gasteiger charge is 2.51. The highest BCUT2D eigenvalue weighted by molar-refractivity contribution is 6.62. The summed E-state index contributed by atoms with van der Waals surface area (Å²) >= 11 is 0. The molecule has 0 aromatic carbocycles. The van der Waals surface area contributed by atoms with E-state index in [0.29, 0.717) is 12.1 Å². The third-order valence-electron chi connectivity index (χ3n) is 6.69. The van der Waals surface area contributed by atoms with Crippen molar-refractivity contribution in [2.75, 3.05) is 20.1 Å². The lowest BCUT2D eigenvalue weighted by Crippen LogP contribution is -2.55. The Labute approximate surface area is 159 Å². The van der Waals surface area contributed by atoms with Crippen LogP contribution in [0.25, 0.3) is 0 Å². The largest absolute Gasteiger partial charge is 0.494 e. The fraction of sp³-hybridized carbons (Fsp3) is 0.750. The van der Waals surface area contributed by atoms with E-state index in [1.807, 2.05) is 12.3 Å². The molecule has 6 heteroatoms. The number of piperazine rings is 1. The molecule has 0 saturated carbocycles. The first-order valence-corrected chi connectivity index (χ1v) is 9.79. The lowest BCUT2D eigenvalue weighted by molar-refractivity contribution is 0.00578. The highest BCUT2D eigenvalue weighted by Crippen LogP contribution is 2.36. The monoisotopic (exact) mass is 359 g/mol. The van der Waals surface area contributed by atoms with Crippen LogP contribution in [0, 0.1) is 0 Å². The zero-order chi connectivity index (χ0) is 19.3. The first-order valence-electron chi connectivity index (χ1n) is 9.79. The second kappa shape index (κ2) is 6.90. The van der Waals surface area contributed by atoms with Gasteiger partial charge in [-0.05, 0) is 73.1 Å². The molecular formula is C20H34BN3O2. The summed E-state index contributed by atoms with van der Waals surface area (Å²) in [5.74, 6) is 0. The van der Waals surface area contributed by atoms with Crippen molar-refractivity contribution in [1.82, 2.24) is 14.8 Å². The molecule has 0 N–H and O–H groups in total. The number of rotatable bonds is 3. The minimum Gasteiger partial charge on any atom is -0.399 e. The van der Waals surface area contributed by atoms with E-state index < -0.39 is 0 Å². The highest BCUT2D eigenvalue weighted by atomic mass is 16.7. The Bertz CT molecular complexity index is 624. The lowest BCUT2D eigenvalue weighted by Gasteiger charge is -2.44. The van der Waals surface area contributed by atoms with Crippen molar-refractivity contribution in [2.24, 2.45) is 0 Å². The summed E-state index contributed by atoms with van der Waals surface area (Å²) in [6, 6.07) is 5.53. The van der Waals surface area contributed by atoms with Gasteiger partial charge in [-0.25, -0.2) is 0 Å². The van der Waals surface area contributed by atoms with Crippen LogP contribution in [0.1, 0.15) is 60.2 Å². The van der Waals surface area contributed by atoms with E-state index in [9.17, 15) is 0 Å². The number of pyridine rings is 1. The van der Waals surface area contributed by atoms with Crippen LogP contribution in [0.5, 0.6) is 0 Å². The molecule has 2 saturated heterocycles. The summed E-state index contributed by atoms with van der Waals surface area (Å²) in [7, 11) is 1.88. The quantitative estimate of drug-likeness (QED) is 0.776. The fourth-order valence-corrected chi connectivity index (χ4v) is 3.77. The van der Waals surface area contributed by atoms with Gasteiger partial charge in [0, 0.05) is 37.4 Å². The second-order valence-electron chi connectivity index (χ2n) is 9.10. The Morgan fingerprint density at radius 3 is 2.19 bits per heavy atom. The van der Waals surface area contributed by atoms with Gasteiger partial charge in [-0.2, -0.15) is 0 Å². The van der Waals surface area contributed by atoms with Crippen LogP contribution >= 0.6 is 0 Å². The number of aromatic nitrogens is 1. The van der Waals surface area contributed by atoms with Crippen LogP contribution in [-0.2, 0) is 9.31 Å². The topological polar surface area (TPSA) is 37.8 Å². The summed E-state index contributed by atoms with van der Waals surface area (Å²) in [5, 5.41) is 0. The van der Waals surface area contributed by atoms with Gasteiger partial charge in [0.15, 0.2) is 0 Å². The Morgan fingerprint density at radius 2 is 1.65 bits per heavy atom. The second-order valence-corrected chi connectivity index (χ2v) is 9.10. The number of hydrogen-bond acceptors (Lipinski definition) is 5. The zero-order valence-electron chi connectivity index (χ0n) is 17.6. The maximum absolute atomic E-state index is 6.21. The molecule has 2 aliphatic rings. The fourth-order valence-electron chi connectivity index (χ4n) is 3.77. The molecule has 26 heavy (non-hydrogen) atoms. The van der Waals surface area contributed by atoms with Gasteiger partial charge in [0.2, 0.25) is 0 Å². The first kappa shape index (κ1) is 19.8. The van der Waals surface area contributed by atoms with Crippen LogP contribution in [0.4, 0.5) is 0 Å². The van der Waals surface area contributed by atoms with E-state index in [4.69, 9.17) is 9.31 Å². The molecule has 3 atom stereocenters.